The van der Waals surface area contributed by atoms with Gasteiger partial charge in [-0.05, 0) is 49.7 Å². The summed E-state index contributed by atoms with van der Waals surface area (Å²) in [5, 5.41) is 2.62. The Hall–Kier alpha value is -2.00. The average molecular weight is 447 g/mol. The molecule has 9 heteroatoms. The van der Waals surface area contributed by atoms with Gasteiger partial charge in [-0.1, -0.05) is 15.9 Å². The lowest BCUT2D eigenvalue weighted by Gasteiger charge is -2.28. The van der Waals surface area contributed by atoms with E-state index in [0.717, 1.165) is 38.8 Å². The van der Waals surface area contributed by atoms with Gasteiger partial charge in [-0.2, -0.15) is 0 Å². The van der Waals surface area contributed by atoms with Crippen LogP contribution in [0.5, 0.6) is 0 Å². The summed E-state index contributed by atoms with van der Waals surface area (Å²) in [5.74, 6) is -2.92. The summed E-state index contributed by atoms with van der Waals surface area (Å²) in [5.41, 5.74) is 1.23. The summed E-state index contributed by atoms with van der Waals surface area (Å²) in [4.78, 5) is 12.5. The van der Waals surface area contributed by atoms with Crippen molar-refractivity contribution in [3.8, 4) is 0 Å². The number of carbonyl (C=O) groups excluding carboxylic acids is 1. The number of hydrogen-bond acceptors (Lipinski definition) is 3. The van der Waals surface area contributed by atoms with Gasteiger partial charge < -0.3 is 5.32 Å². The predicted octanol–water partition coefficient (Wildman–Crippen LogP) is 3.83. The van der Waals surface area contributed by atoms with Gasteiger partial charge in [-0.3, -0.25) is 9.10 Å². The van der Waals surface area contributed by atoms with Crippen molar-refractivity contribution in [3.63, 3.8) is 0 Å². The second-order valence-corrected chi connectivity index (χ2v) is 8.50. The zero-order chi connectivity index (χ0) is 19.6. The zero-order valence-electron chi connectivity index (χ0n) is 14.3. The molecular formula is C17H17BrF2N2O3S. The summed E-state index contributed by atoms with van der Waals surface area (Å²) in [7, 11) is -3.92. The lowest BCUT2D eigenvalue weighted by molar-refractivity contribution is -0.116. The number of carbonyl (C=O) groups is 1. The quantitative estimate of drug-likeness (QED) is 0.758. The number of benzene rings is 2. The number of hydrogen-bond donors (Lipinski definition) is 1. The Morgan fingerprint density at radius 2 is 1.81 bits per heavy atom. The molecule has 26 heavy (non-hydrogen) atoms. The van der Waals surface area contributed by atoms with Gasteiger partial charge in [0.25, 0.3) is 0 Å². The van der Waals surface area contributed by atoms with Gasteiger partial charge in [0.15, 0.2) is 11.6 Å². The number of halogens is 3. The van der Waals surface area contributed by atoms with Crippen LogP contribution in [0.2, 0.25) is 0 Å². The van der Waals surface area contributed by atoms with E-state index in [0.29, 0.717) is 5.69 Å². The SMILES string of the molecule is Cc1cc(NC(=O)[C@H](C)N(c2ccc(F)c(F)c2)S(C)(=O)=O)ccc1Br. The van der Waals surface area contributed by atoms with Gasteiger partial charge in [0, 0.05) is 16.2 Å². The third-order valence-corrected chi connectivity index (χ3v) is 5.80. The lowest BCUT2D eigenvalue weighted by Crippen LogP contribution is -2.45. The van der Waals surface area contributed by atoms with Crippen LogP contribution in [0.4, 0.5) is 20.2 Å². The number of nitrogens with zero attached hydrogens (tertiary/aromatic N) is 1. The summed E-state index contributed by atoms with van der Waals surface area (Å²) in [6, 6.07) is 6.60. The number of rotatable bonds is 5. The molecule has 0 heterocycles. The molecule has 0 saturated carbocycles. The molecule has 1 N–H and O–H groups in total. The molecule has 0 fully saturated rings. The number of nitrogens with one attached hydrogen (secondary N) is 1. The van der Waals surface area contributed by atoms with Crippen molar-refractivity contribution in [2.24, 2.45) is 0 Å². The Morgan fingerprint density at radius 1 is 1.15 bits per heavy atom. The van der Waals surface area contributed by atoms with E-state index in [1.807, 2.05) is 6.92 Å². The van der Waals surface area contributed by atoms with Crippen LogP contribution in [-0.4, -0.2) is 26.6 Å². The largest absolute Gasteiger partial charge is 0.324 e. The highest BCUT2D eigenvalue weighted by molar-refractivity contribution is 9.10. The molecule has 0 aliphatic rings. The van der Waals surface area contributed by atoms with E-state index in [1.54, 1.807) is 18.2 Å². The van der Waals surface area contributed by atoms with E-state index in [1.165, 1.54) is 6.92 Å². The molecule has 1 amide bonds. The van der Waals surface area contributed by atoms with E-state index >= 15 is 0 Å². The molecule has 0 unspecified atom stereocenters. The van der Waals surface area contributed by atoms with Crippen molar-refractivity contribution in [2.45, 2.75) is 19.9 Å². The van der Waals surface area contributed by atoms with Crippen LogP contribution in [0, 0.1) is 18.6 Å². The summed E-state index contributed by atoms with van der Waals surface area (Å²) < 4.78 is 52.6. The van der Waals surface area contributed by atoms with Crippen molar-refractivity contribution in [3.05, 3.63) is 58.1 Å². The van der Waals surface area contributed by atoms with Gasteiger partial charge in [-0.25, -0.2) is 17.2 Å². The highest BCUT2D eigenvalue weighted by Crippen LogP contribution is 2.24. The molecule has 2 aromatic rings. The molecule has 0 aliphatic heterocycles. The minimum Gasteiger partial charge on any atom is -0.324 e. The molecule has 5 nitrogen and oxygen atoms in total. The van der Waals surface area contributed by atoms with Gasteiger partial charge in [0.1, 0.15) is 6.04 Å². The highest BCUT2D eigenvalue weighted by Gasteiger charge is 2.29. The normalized spacial score (nSPS) is 12.5. The fraction of sp³-hybridized carbons (Fsp3) is 0.235. The fourth-order valence-electron chi connectivity index (χ4n) is 2.40. The minimum absolute atomic E-state index is 0.138. The number of sulfonamides is 1. The molecule has 0 bridgehead atoms. The first-order chi connectivity index (χ1) is 12.0. The van der Waals surface area contributed by atoms with Crippen LogP contribution in [-0.2, 0) is 14.8 Å². The summed E-state index contributed by atoms with van der Waals surface area (Å²) >= 11 is 3.35. The van der Waals surface area contributed by atoms with Gasteiger partial charge in [0.05, 0.1) is 11.9 Å². The molecule has 0 spiro atoms. The van der Waals surface area contributed by atoms with E-state index in [-0.39, 0.29) is 5.69 Å². The standard InChI is InChI=1S/C17H17BrF2N2O3S/c1-10-8-12(4-6-14(10)18)21-17(23)11(2)22(26(3,24)25)13-5-7-15(19)16(20)9-13/h4-9,11H,1-3H3,(H,21,23)/t11-/m0/s1. The molecule has 0 saturated heterocycles. The first-order valence-electron chi connectivity index (χ1n) is 7.52. The Balaban J connectivity index is 2.34. The van der Waals surface area contributed by atoms with Crippen molar-refractivity contribution in [1.82, 2.24) is 0 Å². The minimum atomic E-state index is -3.92. The molecule has 0 radical (unpaired) electrons. The van der Waals surface area contributed by atoms with Crippen LogP contribution < -0.4 is 9.62 Å². The maximum Gasteiger partial charge on any atom is 0.247 e. The van der Waals surface area contributed by atoms with E-state index in [4.69, 9.17) is 0 Å². The zero-order valence-corrected chi connectivity index (χ0v) is 16.7. The van der Waals surface area contributed by atoms with Crippen LogP contribution in [0.25, 0.3) is 0 Å². The van der Waals surface area contributed by atoms with Crippen molar-refractivity contribution < 1.29 is 22.0 Å². The molecule has 2 aromatic carbocycles. The predicted molar refractivity (Wildman–Crippen MR) is 101 cm³/mol. The molecule has 140 valence electrons. The number of amides is 1. The third kappa shape index (κ3) is 4.59. The Labute approximate surface area is 159 Å². The fourth-order valence-corrected chi connectivity index (χ4v) is 3.81. The maximum atomic E-state index is 13.5. The van der Waals surface area contributed by atoms with Crippen molar-refractivity contribution >= 4 is 43.2 Å². The smallest absolute Gasteiger partial charge is 0.247 e. The van der Waals surface area contributed by atoms with Crippen LogP contribution in [0.3, 0.4) is 0 Å². The first-order valence-corrected chi connectivity index (χ1v) is 10.2. The molecule has 0 aromatic heterocycles. The van der Waals surface area contributed by atoms with Gasteiger partial charge >= 0.3 is 0 Å². The van der Waals surface area contributed by atoms with Crippen molar-refractivity contribution in [1.29, 1.82) is 0 Å². The Bertz CT molecular complexity index is 951. The van der Waals surface area contributed by atoms with Crippen molar-refractivity contribution in [2.75, 3.05) is 15.9 Å². The van der Waals surface area contributed by atoms with E-state index in [9.17, 15) is 22.0 Å². The van der Waals surface area contributed by atoms with E-state index in [2.05, 4.69) is 21.2 Å². The van der Waals surface area contributed by atoms with Crippen LogP contribution >= 0.6 is 15.9 Å². The lowest BCUT2D eigenvalue weighted by atomic mass is 10.2. The molecule has 1 atom stereocenters. The number of aryl methyl sites for hydroxylation is 1. The molecular weight excluding hydrogens is 430 g/mol. The summed E-state index contributed by atoms with van der Waals surface area (Å²) in [6.07, 6.45) is 0.891. The van der Waals surface area contributed by atoms with Gasteiger partial charge in [-0.15, -0.1) is 0 Å². The summed E-state index contributed by atoms with van der Waals surface area (Å²) in [6.45, 7) is 3.20. The van der Waals surface area contributed by atoms with Gasteiger partial charge in [0.2, 0.25) is 15.9 Å². The second kappa shape index (κ2) is 7.71. The number of anilines is 2. The molecule has 2 rings (SSSR count). The second-order valence-electron chi connectivity index (χ2n) is 5.79. The maximum absolute atomic E-state index is 13.5. The van der Waals surface area contributed by atoms with Crippen LogP contribution in [0.1, 0.15) is 12.5 Å². The Kier molecular flexibility index (Phi) is 6.02. The monoisotopic (exact) mass is 446 g/mol. The molecule has 0 aliphatic carbocycles. The Morgan fingerprint density at radius 3 is 2.35 bits per heavy atom. The first kappa shape index (κ1) is 20.3. The van der Waals surface area contributed by atoms with E-state index < -0.39 is 33.6 Å². The topological polar surface area (TPSA) is 66.5 Å². The highest BCUT2D eigenvalue weighted by atomic mass is 79.9. The third-order valence-electron chi connectivity index (χ3n) is 3.67. The van der Waals surface area contributed by atoms with Crippen LogP contribution in [0.15, 0.2) is 40.9 Å². The average Bonchev–Trinajstić information content (AvgIpc) is 2.53.